The van der Waals surface area contributed by atoms with E-state index < -0.39 is 11.9 Å². The summed E-state index contributed by atoms with van der Waals surface area (Å²) in [7, 11) is 0. The maximum Gasteiger partial charge on any atom is 0.343 e. The summed E-state index contributed by atoms with van der Waals surface area (Å²) < 4.78 is 8.00. The molecule has 0 atom stereocenters. The second-order valence-corrected chi connectivity index (χ2v) is 12.2. The van der Waals surface area contributed by atoms with Crippen LogP contribution in [0.5, 0.6) is 5.75 Å². The van der Waals surface area contributed by atoms with E-state index in [2.05, 4.69) is 70.0 Å². The zero-order valence-electron chi connectivity index (χ0n) is 20.8. The fraction of sp³-hybridized carbons (Fsp3) is 0.0333. The predicted octanol–water partition coefficient (Wildman–Crippen LogP) is 8.91. The molecular weight excluding hydrogens is 773 g/mol. The van der Waals surface area contributed by atoms with E-state index in [0.29, 0.717) is 31.9 Å². The van der Waals surface area contributed by atoms with Gasteiger partial charge in [0.2, 0.25) is 0 Å². The van der Waals surface area contributed by atoms with Crippen molar-refractivity contribution in [3.05, 3.63) is 119 Å². The van der Waals surface area contributed by atoms with Gasteiger partial charge >= 0.3 is 5.97 Å². The number of H-pyrrole nitrogens is 1. The van der Waals surface area contributed by atoms with Crippen LogP contribution in [0, 0.1) is 10.5 Å². The van der Waals surface area contributed by atoms with Crippen molar-refractivity contribution in [1.29, 1.82) is 0 Å². The Hall–Kier alpha value is -2.99. The topological polar surface area (TPSA) is 83.5 Å². The molecule has 0 aliphatic heterocycles. The Kier molecular flexibility index (Phi) is 8.74. The van der Waals surface area contributed by atoms with Crippen LogP contribution < -0.4 is 10.2 Å². The Morgan fingerprint density at radius 3 is 2.52 bits per heavy atom. The fourth-order valence-corrected chi connectivity index (χ4v) is 6.18. The van der Waals surface area contributed by atoms with Crippen LogP contribution in [0.4, 0.5) is 0 Å². The van der Waals surface area contributed by atoms with Crippen LogP contribution >= 0.6 is 66.1 Å². The van der Waals surface area contributed by atoms with Crippen molar-refractivity contribution < 1.29 is 14.3 Å². The first-order chi connectivity index (χ1) is 19.2. The summed E-state index contributed by atoms with van der Waals surface area (Å²) >= 11 is 15.7. The molecule has 0 spiro atoms. The standard InChI is InChI=1S/C30H19Br2ClIN3O3/c1-16-6-8-17(9-7-16)30(39)40-28-18(12-19(31)13-23(28)32)15-35-37-29(38)27-26(21-4-2-3-5-24(21)33)22-14-20(34)10-11-25(22)36-27/h2-15,36H,1H3,(H,37,38). The Morgan fingerprint density at radius 2 is 1.77 bits per heavy atom. The lowest BCUT2D eigenvalue weighted by Gasteiger charge is -2.11. The number of halogens is 4. The van der Waals surface area contributed by atoms with Gasteiger partial charge in [-0.25, -0.2) is 10.2 Å². The number of amides is 1. The minimum atomic E-state index is -0.515. The molecule has 200 valence electrons. The van der Waals surface area contributed by atoms with E-state index in [0.717, 1.165) is 30.1 Å². The molecule has 5 rings (SSSR count). The Bertz CT molecular complexity index is 1800. The molecule has 0 saturated heterocycles. The van der Waals surface area contributed by atoms with E-state index in [1.807, 2.05) is 55.5 Å². The molecule has 0 aliphatic carbocycles. The lowest BCUT2D eigenvalue weighted by Crippen LogP contribution is -2.19. The van der Waals surface area contributed by atoms with Gasteiger partial charge in [0.05, 0.1) is 16.3 Å². The van der Waals surface area contributed by atoms with E-state index in [1.54, 1.807) is 30.3 Å². The van der Waals surface area contributed by atoms with E-state index in [9.17, 15) is 9.59 Å². The molecule has 0 radical (unpaired) electrons. The smallest absolute Gasteiger partial charge is 0.343 e. The largest absolute Gasteiger partial charge is 0.421 e. The molecule has 5 aromatic rings. The number of hydrogen-bond acceptors (Lipinski definition) is 4. The van der Waals surface area contributed by atoms with Crippen molar-refractivity contribution in [2.45, 2.75) is 6.92 Å². The van der Waals surface area contributed by atoms with E-state index in [4.69, 9.17) is 16.3 Å². The van der Waals surface area contributed by atoms with E-state index >= 15 is 0 Å². The first-order valence-electron chi connectivity index (χ1n) is 11.9. The van der Waals surface area contributed by atoms with Crippen LogP contribution in [0.2, 0.25) is 5.02 Å². The van der Waals surface area contributed by atoms with Crippen molar-refractivity contribution in [1.82, 2.24) is 10.4 Å². The maximum absolute atomic E-state index is 13.4. The number of hydrazone groups is 1. The first kappa shape index (κ1) is 28.5. The predicted molar refractivity (Wildman–Crippen MR) is 175 cm³/mol. The van der Waals surface area contributed by atoms with Crippen molar-refractivity contribution in [3.63, 3.8) is 0 Å². The molecule has 0 unspecified atom stereocenters. The summed E-state index contributed by atoms with van der Waals surface area (Å²) in [6.07, 6.45) is 1.42. The number of ether oxygens (including phenoxy) is 1. The number of nitrogens with zero attached hydrogens (tertiary/aromatic N) is 1. The van der Waals surface area contributed by atoms with Crippen LogP contribution in [-0.2, 0) is 0 Å². The number of carbonyl (C=O) groups is 2. The normalized spacial score (nSPS) is 11.2. The molecule has 6 nitrogen and oxygen atoms in total. The number of rotatable bonds is 6. The van der Waals surface area contributed by atoms with Crippen molar-refractivity contribution in [2.24, 2.45) is 5.10 Å². The summed E-state index contributed by atoms with van der Waals surface area (Å²) in [5.74, 6) is -0.702. The SMILES string of the molecule is Cc1ccc(C(=O)Oc2c(Br)cc(Br)cc2C=NNC(=O)c2[nH]c3ccc(I)cc3c2-c2ccccc2Cl)cc1. The highest BCUT2D eigenvalue weighted by atomic mass is 127. The highest BCUT2D eigenvalue weighted by Gasteiger charge is 2.21. The molecule has 0 bridgehead atoms. The Balaban J connectivity index is 1.45. The molecule has 0 saturated carbocycles. The van der Waals surface area contributed by atoms with Gasteiger partial charge in [0.15, 0.2) is 5.75 Å². The summed E-state index contributed by atoms with van der Waals surface area (Å²) in [4.78, 5) is 29.4. The summed E-state index contributed by atoms with van der Waals surface area (Å²) in [6, 6.07) is 23.8. The van der Waals surface area contributed by atoms with Gasteiger partial charge in [0.25, 0.3) is 5.91 Å². The number of carbonyl (C=O) groups excluding carboxylic acids is 2. The average Bonchev–Trinajstić information content (AvgIpc) is 3.29. The van der Waals surface area contributed by atoms with E-state index in [1.165, 1.54) is 6.21 Å². The third kappa shape index (κ3) is 6.17. The zero-order chi connectivity index (χ0) is 28.4. The first-order valence-corrected chi connectivity index (χ1v) is 14.9. The quantitative estimate of drug-likeness (QED) is 0.0593. The Morgan fingerprint density at radius 1 is 1.02 bits per heavy atom. The summed E-state index contributed by atoms with van der Waals surface area (Å²) in [5.41, 5.74) is 7.05. The molecule has 10 heteroatoms. The second kappa shape index (κ2) is 12.3. The Labute approximate surface area is 265 Å². The van der Waals surface area contributed by atoms with Crippen LogP contribution in [0.1, 0.15) is 32.0 Å². The third-order valence-electron chi connectivity index (χ3n) is 6.02. The molecule has 0 aliphatic rings. The van der Waals surface area contributed by atoms with Gasteiger partial charge in [-0.2, -0.15) is 5.10 Å². The van der Waals surface area contributed by atoms with Crippen LogP contribution in [0.25, 0.3) is 22.0 Å². The molecular formula is C30H19Br2ClIN3O3. The number of aromatic nitrogens is 1. The number of hydrogen-bond donors (Lipinski definition) is 2. The molecule has 1 heterocycles. The maximum atomic E-state index is 13.4. The summed E-state index contributed by atoms with van der Waals surface area (Å²) in [6.45, 7) is 1.94. The van der Waals surface area contributed by atoms with Crippen LogP contribution in [0.3, 0.4) is 0 Å². The molecule has 1 aromatic heterocycles. The van der Waals surface area contributed by atoms with Crippen LogP contribution in [0.15, 0.2) is 92.9 Å². The van der Waals surface area contributed by atoms with E-state index in [-0.39, 0.29) is 5.75 Å². The van der Waals surface area contributed by atoms with Gasteiger partial charge in [0.1, 0.15) is 5.69 Å². The van der Waals surface area contributed by atoms with Crippen molar-refractivity contribution >= 4 is 95.0 Å². The highest BCUT2D eigenvalue weighted by molar-refractivity contribution is 14.1. The van der Waals surface area contributed by atoms with Crippen molar-refractivity contribution in [3.8, 4) is 16.9 Å². The highest BCUT2D eigenvalue weighted by Crippen LogP contribution is 2.37. The second-order valence-electron chi connectivity index (χ2n) is 8.81. The van der Waals surface area contributed by atoms with Gasteiger partial charge in [0, 0.05) is 40.7 Å². The minimum Gasteiger partial charge on any atom is -0.421 e. The monoisotopic (exact) mass is 789 g/mol. The summed E-state index contributed by atoms with van der Waals surface area (Å²) in [5, 5.41) is 5.58. The van der Waals surface area contributed by atoms with Gasteiger partial charge in [-0.05, 0) is 94.0 Å². The lowest BCUT2D eigenvalue weighted by molar-refractivity contribution is 0.0733. The number of benzene rings is 4. The molecule has 4 aromatic carbocycles. The van der Waals surface area contributed by atoms with Gasteiger partial charge < -0.3 is 9.72 Å². The number of aryl methyl sites for hydroxylation is 1. The van der Waals surface area contributed by atoms with Crippen LogP contribution in [-0.4, -0.2) is 23.1 Å². The van der Waals surface area contributed by atoms with Crippen molar-refractivity contribution in [2.75, 3.05) is 0 Å². The third-order valence-corrected chi connectivity index (χ3v) is 8.07. The average molecular weight is 792 g/mol. The number of aromatic amines is 1. The molecule has 0 fully saturated rings. The zero-order valence-corrected chi connectivity index (χ0v) is 26.9. The van der Waals surface area contributed by atoms with Gasteiger partial charge in [-0.15, -0.1) is 0 Å². The number of nitrogens with one attached hydrogen (secondary N) is 2. The minimum absolute atomic E-state index is 0.267. The molecule has 2 N–H and O–H groups in total. The fourth-order valence-electron chi connectivity index (χ4n) is 4.12. The number of esters is 1. The number of fused-ring (bicyclic) bond motifs is 1. The molecule has 1 amide bonds. The molecule has 40 heavy (non-hydrogen) atoms. The van der Waals surface area contributed by atoms with Gasteiger partial charge in [-0.3, -0.25) is 4.79 Å². The lowest BCUT2D eigenvalue weighted by atomic mass is 10.0. The van der Waals surface area contributed by atoms with Gasteiger partial charge in [-0.1, -0.05) is 63.4 Å².